The van der Waals surface area contributed by atoms with Crippen molar-refractivity contribution in [2.45, 2.75) is 32.1 Å². The van der Waals surface area contributed by atoms with Gasteiger partial charge in [-0.15, -0.1) is 0 Å². The number of benzene rings is 2. The summed E-state index contributed by atoms with van der Waals surface area (Å²) < 4.78 is 0. The summed E-state index contributed by atoms with van der Waals surface area (Å²) in [5.74, 6) is 0.796. The Balaban J connectivity index is 1.87. The van der Waals surface area contributed by atoms with Gasteiger partial charge >= 0.3 is 0 Å². The molecule has 1 aliphatic carbocycles. The standard InChI is InChI=1S/C23H21N3/c1-15-7-9-17(10-8-15)22-19-13-18(16-5-3-2-4-6-16)11-12-21(19)26-23(25)20(22)14-24/h2-10,18H,11-13H2,1H3,(H2,25,26). The Kier molecular flexibility index (Phi) is 4.18. The number of nitrogen functional groups attached to an aromatic ring is 1. The van der Waals surface area contributed by atoms with E-state index in [0.29, 0.717) is 17.3 Å². The van der Waals surface area contributed by atoms with Crippen LogP contribution in [0.5, 0.6) is 0 Å². The minimum Gasteiger partial charge on any atom is -0.383 e. The van der Waals surface area contributed by atoms with Gasteiger partial charge in [-0.3, -0.25) is 0 Å². The highest BCUT2D eigenvalue weighted by molar-refractivity contribution is 5.79. The molecule has 0 saturated carbocycles. The number of hydrogen-bond donors (Lipinski definition) is 1. The average molecular weight is 339 g/mol. The van der Waals surface area contributed by atoms with Crippen LogP contribution in [0.15, 0.2) is 54.6 Å². The first-order chi connectivity index (χ1) is 12.7. The van der Waals surface area contributed by atoms with E-state index in [9.17, 15) is 5.26 Å². The predicted octanol–water partition coefficient (Wildman–Crippen LogP) is 4.78. The van der Waals surface area contributed by atoms with Crippen LogP contribution in [0, 0.1) is 18.3 Å². The molecule has 0 bridgehead atoms. The first-order valence-electron chi connectivity index (χ1n) is 9.00. The van der Waals surface area contributed by atoms with E-state index in [1.807, 2.05) is 6.07 Å². The zero-order chi connectivity index (χ0) is 18.1. The van der Waals surface area contributed by atoms with Gasteiger partial charge < -0.3 is 5.73 Å². The summed E-state index contributed by atoms with van der Waals surface area (Å²) in [6, 6.07) is 21.2. The van der Waals surface area contributed by atoms with Gasteiger partial charge in [0.2, 0.25) is 0 Å². The lowest BCUT2D eigenvalue weighted by molar-refractivity contribution is 0.576. The van der Waals surface area contributed by atoms with Gasteiger partial charge in [-0.25, -0.2) is 4.98 Å². The largest absolute Gasteiger partial charge is 0.383 e. The van der Waals surface area contributed by atoms with Crippen LogP contribution in [0.1, 0.15) is 40.3 Å². The maximum atomic E-state index is 9.73. The van der Waals surface area contributed by atoms with Crippen LogP contribution in [-0.4, -0.2) is 4.98 Å². The molecular formula is C23H21N3. The van der Waals surface area contributed by atoms with Crippen LogP contribution >= 0.6 is 0 Å². The molecule has 2 aromatic carbocycles. The Morgan fingerprint density at radius 2 is 1.81 bits per heavy atom. The minimum absolute atomic E-state index is 0.347. The predicted molar refractivity (Wildman–Crippen MR) is 105 cm³/mol. The van der Waals surface area contributed by atoms with Gasteiger partial charge in [-0.1, -0.05) is 60.2 Å². The SMILES string of the molecule is Cc1ccc(-c2c(C#N)c(N)nc3c2CC(c2ccccc2)CC3)cc1. The fourth-order valence-corrected chi connectivity index (χ4v) is 3.94. The number of anilines is 1. The molecule has 2 N–H and O–H groups in total. The maximum absolute atomic E-state index is 9.73. The van der Waals surface area contributed by atoms with Crippen molar-refractivity contribution in [3.8, 4) is 17.2 Å². The van der Waals surface area contributed by atoms with E-state index >= 15 is 0 Å². The molecule has 3 nitrogen and oxygen atoms in total. The average Bonchev–Trinajstić information content (AvgIpc) is 2.68. The zero-order valence-electron chi connectivity index (χ0n) is 14.9. The van der Waals surface area contributed by atoms with E-state index in [1.54, 1.807) is 0 Å². The molecule has 1 aromatic heterocycles. The van der Waals surface area contributed by atoms with Crippen LogP contribution in [0.4, 0.5) is 5.82 Å². The summed E-state index contributed by atoms with van der Waals surface area (Å²) in [6.07, 6.45) is 2.84. The molecule has 0 saturated heterocycles. The number of nitrogens with zero attached hydrogens (tertiary/aromatic N) is 2. The van der Waals surface area contributed by atoms with Gasteiger partial charge in [0, 0.05) is 11.3 Å². The molecule has 3 heteroatoms. The van der Waals surface area contributed by atoms with Crippen molar-refractivity contribution in [3.63, 3.8) is 0 Å². The van der Waals surface area contributed by atoms with Crippen molar-refractivity contribution < 1.29 is 0 Å². The van der Waals surface area contributed by atoms with Crippen molar-refractivity contribution in [1.82, 2.24) is 4.98 Å². The molecule has 1 atom stereocenters. The van der Waals surface area contributed by atoms with Crippen molar-refractivity contribution in [2.24, 2.45) is 0 Å². The summed E-state index contributed by atoms with van der Waals surface area (Å²) in [4.78, 5) is 4.57. The van der Waals surface area contributed by atoms with Crippen molar-refractivity contribution in [2.75, 3.05) is 5.73 Å². The smallest absolute Gasteiger partial charge is 0.142 e. The second-order valence-electron chi connectivity index (χ2n) is 7.00. The summed E-state index contributed by atoms with van der Waals surface area (Å²) in [6.45, 7) is 2.07. The molecule has 0 spiro atoms. The van der Waals surface area contributed by atoms with Gasteiger partial charge in [-0.05, 0) is 48.8 Å². The second kappa shape index (κ2) is 6.65. The number of rotatable bonds is 2. The third kappa shape index (κ3) is 2.84. The number of aromatic nitrogens is 1. The Labute approximate surface area is 154 Å². The van der Waals surface area contributed by atoms with Gasteiger partial charge in [0.15, 0.2) is 0 Å². The first kappa shape index (κ1) is 16.4. The van der Waals surface area contributed by atoms with Crippen LogP contribution in [0.3, 0.4) is 0 Å². The van der Waals surface area contributed by atoms with Crippen molar-refractivity contribution in [3.05, 3.63) is 82.5 Å². The topological polar surface area (TPSA) is 62.7 Å². The molecule has 0 amide bonds. The Morgan fingerprint density at radius 1 is 1.08 bits per heavy atom. The monoisotopic (exact) mass is 339 g/mol. The minimum atomic E-state index is 0.347. The van der Waals surface area contributed by atoms with E-state index in [-0.39, 0.29) is 0 Å². The number of nitrogens with two attached hydrogens (primary N) is 1. The maximum Gasteiger partial charge on any atom is 0.142 e. The molecule has 4 rings (SSSR count). The molecule has 128 valence electrons. The number of pyridine rings is 1. The van der Waals surface area contributed by atoms with Crippen molar-refractivity contribution >= 4 is 5.82 Å². The second-order valence-corrected chi connectivity index (χ2v) is 7.00. The lowest BCUT2D eigenvalue weighted by atomic mass is 9.78. The van der Waals surface area contributed by atoms with Crippen molar-refractivity contribution in [1.29, 1.82) is 5.26 Å². The molecule has 0 fully saturated rings. The normalized spacial score (nSPS) is 15.9. The summed E-state index contributed by atoms with van der Waals surface area (Å²) >= 11 is 0. The third-order valence-electron chi connectivity index (χ3n) is 5.31. The molecule has 1 unspecified atom stereocenters. The fourth-order valence-electron chi connectivity index (χ4n) is 3.94. The lowest BCUT2D eigenvalue weighted by Gasteiger charge is -2.27. The zero-order valence-corrected chi connectivity index (χ0v) is 14.9. The highest BCUT2D eigenvalue weighted by Crippen LogP contribution is 2.40. The number of nitriles is 1. The van der Waals surface area contributed by atoms with E-state index in [0.717, 1.165) is 36.1 Å². The summed E-state index contributed by atoms with van der Waals surface area (Å²) in [7, 11) is 0. The Bertz CT molecular complexity index is 983. The van der Waals surface area contributed by atoms with Gasteiger partial charge in [0.1, 0.15) is 17.5 Å². The van der Waals surface area contributed by atoms with E-state index in [4.69, 9.17) is 5.73 Å². The van der Waals surface area contributed by atoms with E-state index < -0.39 is 0 Å². The van der Waals surface area contributed by atoms with Crippen LogP contribution in [-0.2, 0) is 12.8 Å². The summed E-state index contributed by atoms with van der Waals surface area (Å²) in [5, 5.41) is 9.73. The van der Waals surface area contributed by atoms with E-state index in [1.165, 1.54) is 16.7 Å². The fraction of sp³-hybridized carbons (Fsp3) is 0.217. The van der Waals surface area contributed by atoms with Gasteiger partial charge in [0.25, 0.3) is 0 Å². The molecule has 26 heavy (non-hydrogen) atoms. The summed E-state index contributed by atoms with van der Waals surface area (Å²) in [5.41, 5.74) is 13.4. The number of fused-ring (bicyclic) bond motifs is 1. The van der Waals surface area contributed by atoms with Crippen LogP contribution in [0.2, 0.25) is 0 Å². The number of aryl methyl sites for hydroxylation is 2. The quantitative estimate of drug-likeness (QED) is 0.730. The van der Waals surface area contributed by atoms with E-state index in [2.05, 4.69) is 66.5 Å². The lowest BCUT2D eigenvalue weighted by Crippen LogP contribution is -2.17. The Hall–Kier alpha value is -3.12. The van der Waals surface area contributed by atoms with Gasteiger partial charge in [0.05, 0.1) is 0 Å². The molecule has 0 radical (unpaired) electrons. The van der Waals surface area contributed by atoms with Crippen LogP contribution in [0.25, 0.3) is 11.1 Å². The first-order valence-corrected chi connectivity index (χ1v) is 9.00. The molecule has 1 heterocycles. The molecular weight excluding hydrogens is 318 g/mol. The van der Waals surface area contributed by atoms with Gasteiger partial charge in [-0.2, -0.15) is 5.26 Å². The highest BCUT2D eigenvalue weighted by atomic mass is 14.9. The molecule has 3 aromatic rings. The highest BCUT2D eigenvalue weighted by Gasteiger charge is 2.27. The van der Waals surface area contributed by atoms with Crippen LogP contribution < -0.4 is 5.73 Å². The number of hydrogen-bond acceptors (Lipinski definition) is 3. The Morgan fingerprint density at radius 3 is 2.50 bits per heavy atom. The molecule has 1 aliphatic rings. The molecule has 0 aliphatic heterocycles. The third-order valence-corrected chi connectivity index (χ3v) is 5.31.